The molecule has 136 valence electrons. The molecule has 4 nitrogen and oxygen atoms in total. The van der Waals surface area contributed by atoms with E-state index in [2.05, 4.69) is 0 Å². The van der Waals surface area contributed by atoms with E-state index in [1.54, 1.807) is 0 Å². The van der Waals surface area contributed by atoms with Gasteiger partial charge in [0.1, 0.15) is 5.82 Å². The fourth-order valence-electron chi connectivity index (χ4n) is 3.04. The van der Waals surface area contributed by atoms with Gasteiger partial charge in [-0.3, -0.25) is 14.5 Å². The van der Waals surface area contributed by atoms with E-state index in [-0.39, 0.29) is 29.4 Å². The maximum absolute atomic E-state index is 12.9. The monoisotopic (exact) mass is 373 g/mol. The highest BCUT2D eigenvalue weighted by Gasteiger charge is 2.37. The number of hydrogen-bond acceptors (Lipinski definition) is 4. The summed E-state index contributed by atoms with van der Waals surface area (Å²) in [5.41, 5.74) is 1.57. The number of rotatable bonds is 6. The minimum atomic E-state index is -0.753. The number of halogens is 1. The van der Waals surface area contributed by atoms with Gasteiger partial charge in [-0.15, -0.1) is 0 Å². The second-order valence-corrected chi connectivity index (χ2v) is 7.20. The summed E-state index contributed by atoms with van der Waals surface area (Å²) < 4.78 is 12.9. The third-order valence-electron chi connectivity index (χ3n) is 4.45. The van der Waals surface area contributed by atoms with E-state index in [1.807, 2.05) is 30.3 Å². The van der Waals surface area contributed by atoms with Crippen LogP contribution in [-0.4, -0.2) is 26.9 Å². The lowest BCUT2D eigenvalue weighted by atomic mass is 10.0. The number of aliphatic hydroxyl groups excluding tert-OH is 1. The maximum Gasteiger partial charge on any atom is 0.288 e. The Balaban J connectivity index is 1.56. The van der Waals surface area contributed by atoms with Crippen molar-refractivity contribution >= 4 is 22.9 Å². The van der Waals surface area contributed by atoms with Crippen LogP contribution in [0.5, 0.6) is 0 Å². The topological polar surface area (TPSA) is 57.6 Å². The second-order valence-electron chi connectivity index (χ2n) is 6.23. The Kier molecular flexibility index (Phi) is 6.06. The fourth-order valence-corrected chi connectivity index (χ4v) is 4.05. The van der Waals surface area contributed by atoms with Gasteiger partial charge in [-0.1, -0.05) is 54.2 Å². The predicted octanol–water partition coefficient (Wildman–Crippen LogP) is 4.47. The third kappa shape index (κ3) is 4.31. The molecular formula is C20H20FNO3S. The fraction of sp³-hybridized carbons (Fsp3) is 0.300. The van der Waals surface area contributed by atoms with Crippen molar-refractivity contribution in [3.05, 3.63) is 71.5 Å². The van der Waals surface area contributed by atoms with Gasteiger partial charge in [-0.25, -0.2) is 4.39 Å². The summed E-state index contributed by atoms with van der Waals surface area (Å²) in [4.78, 5) is 26.0. The summed E-state index contributed by atoms with van der Waals surface area (Å²) in [6.07, 6.45) is 0.265. The van der Waals surface area contributed by atoms with Crippen molar-refractivity contribution in [2.45, 2.75) is 31.4 Å². The Morgan fingerprint density at radius 1 is 1.19 bits per heavy atom. The van der Waals surface area contributed by atoms with Crippen molar-refractivity contribution in [1.29, 1.82) is 0 Å². The molecule has 1 saturated heterocycles. The first kappa shape index (κ1) is 18.6. The molecule has 0 unspecified atom stereocenters. The zero-order chi connectivity index (χ0) is 18.5. The molecule has 0 spiro atoms. The molecule has 2 aromatic rings. The van der Waals surface area contributed by atoms with Gasteiger partial charge in [-0.2, -0.15) is 0 Å². The largest absolute Gasteiger partial charge is 0.388 e. The van der Waals surface area contributed by atoms with Crippen LogP contribution >= 0.6 is 11.8 Å². The van der Waals surface area contributed by atoms with Gasteiger partial charge >= 0.3 is 0 Å². The van der Waals surface area contributed by atoms with E-state index < -0.39 is 6.10 Å². The zero-order valence-corrected chi connectivity index (χ0v) is 15.0. The van der Waals surface area contributed by atoms with Gasteiger partial charge in [-0.05, 0) is 36.1 Å². The molecule has 1 aliphatic heterocycles. The van der Waals surface area contributed by atoms with Crippen LogP contribution < -0.4 is 0 Å². The molecule has 0 bridgehead atoms. The van der Waals surface area contributed by atoms with Gasteiger partial charge in [0.2, 0.25) is 5.91 Å². The quantitative estimate of drug-likeness (QED) is 0.812. The molecule has 26 heavy (non-hydrogen) atoms. The van der Waals surface area contributed by atoms with Crippen LogP contribution in [0.25, 0.3) is 0 Å². The number of carbonyl (C=O) groups is 2. The standard InChI is InChI=1S/C20H20FNO3S/c21-16-11-9-15(10-12-16)18(23)7-4-8-19(24)22-17(13-26-20(22)25)14-5-2-1-3-6-14/h1-3,5-6,9-12,17-18,23H,4,7-8,13H2/t17-,18+/m1/s1. The Morgan fingerprint density at radius 2 is 1.88 bits per heavy atom. The van der Waals surface area contributed by atoms with Gasteiger partial charge in [0.05, 0.1) is 12.1 Å². The van der Waals surface area contributed by atoms with Crippen molar-refractivity contribution in [2.75, 3.05) is 5.75 Å². The van der Waals surface area contributed by atoms with Crippen LogP contribution in [0, 0.1) is 5.82 Å². The van der Waals surface area contributed by atoms with Crippen LogP contribution in [0.15, 0.2) is 54.6 Å². The number of benzene rings is 2. The minimum Gasteiger partial charge on any atom is -0.388 e. The Bertz CT molecular complexity index is 766. The van der Waals surface area contributed by atoms with Gasteiger partial charge in [0.25, 0.3) is 5.24 Å². The van der Waals surface area contributed by atoms with E-state index in [0.717, 1.165) is 17.3 Å². The summed E-state index contributed by atoms with van der Waals surface area (Å²) in [5, 5.41) is 9.93. The third-order valence-corrected chi connectivity index (χ3v) is 5.38. The first-order valence-corrected chi connectivity index (χ1v) is 9.52. The molecule has 2 atom stereocenters. The summed E-state index contributed by atoms with van der Waals surface area (Å²) in [7, 11) is 0. The number of aliphatic hydroxyl groups is 1. The van der Waals surface area contributed by atoms with Crippen molar-refractivity contribution in [1.82, 2.24) is 4.90 Å². The average Bonchev–Trinajstić information content (AvgIpc) is 3.04. The van der Waals surface area contributed by atoms with Crippen molar-refractivity contribution < 1.29 is 19.1 Å². The lowest BCUT2D eigenvalue weighted by Gasteiger charge is -2.22. The molecule has 0 radical (unpaired) electrons. The molecule has 1 aliphatic rings. The number of carbonyl (C=O) groups excluding carboxylic acids is 2. The van der Waals surface area contributed by atoms with Crippen LogP contribution in [0.3, 0.4) is 0 Å². The van der Waals surface area contributed by atoms with Crippen molar-refractivity contribution in [3.63, 3.8) is 0 Å². The lowest BCUT2D eigenvalue weighted by Crippen LogP contribution is -2.33. The second kappa shape index (κ2) is 8.47. The van der Waals surface area contributed by atoms with Crippen LogP contribution in [-0.2, 0) is 4.79 Å². The van der Waals surface area contributed by atoms with E-state index in [9.17, 15) is 19.1 Å². The Labute approximate surface area is 156 Å². The first-order chi connectivity index (χ1) is 12.6. The molecular weight excluding hydrogens is 353 g/mol. The van der Waals surface area contributed by atoms with E-state index in [1.165, 1.54) is 29.2 Å². The number of amides is 2. The van der Waals surface area contributed by atoms with Crippen molar-refractivity contribution in [3.8, 4) is 0 Å². The number of nitrogens with zero attached hydrogens (tertiary/aromatic N) is 1. The summed E-state index contributed by atoms with van der Waals surface area (Å²) >= 11 is 1.16. The van der Waals surface area contributed by atoms with Crippen LogP contribution in [0.1, 0.15) is 42.5 Å². The molecule has 1 fully saturated rings. The van der Waals surface area contributed by atoms with E-state index >= 15 is 0 Å². The smallest absolute Gasteiger partial charge is 0.288 e. The Hall–Kier alpha value is -2.18. The van der Waals surface area contributed by atoms with Crippen LogP contribution in [0.2, 0.25) is 0 Å². The molecule has 3 rings (SSSR count). The van der Waals surface area contributed by atoms with Crippen LogP contribution in [0.4, 0.5) is 9.18 Å². The highest BCUT2D eigenvalue weighted by molar-refractivity contribution is 8.13. The van der Waals surface area contributed by atoms with Crippen molar-refractivity contribution in [2.24, 2.45) is 0 Å². The molecule has 0 aliphatic carbocycles. The predicted molar refractivity (Wildman–Crippen MR) is 99.1 cm³/mol. The SMILES string of the molecule is O=C(CCC[C@H](O)c1ccc(F)cc1)N1C(=O)SC[C@@H]1c1ccccc1. The minimum absolute atomic E-state index is 0.188. The molecule has 6 heteroatoms. The summed E-state index contributed by atoms with van der Waals surface area (Å²) in [6, 6.07) is 15.0. The van der Waals surface area contributed by atoms with Gasteiger partial charge < -0.3 is 5.11 Å². The molecule has 0 saturated carbocycles. The maximum atomic E-state index is 12.9. The number of thioether (sulfide) groups is 1. The summed E-state index contributed by atoms with van der Waals surface area (Å²) in [6.45, 7) is 0. The van der Waals surface area contributed by atoms with Gasteiger partial charge in [0, 0.05) is 12.2 Å². The number of imide groups is 1. The molecule has 0 aromatic heterocycles. The molecule has 2 amide bonds. The molecule has 1 N–H and O–H groups in total. The Morgan fingerprint density at radius 3 is 2.58 bits per heavy atom. The van der Waals surface area contributed by atoms with Gasteiger partial charge in [0.15, 0.2) is 0 Å². The lowest BCUT2D eigenvalue weighted by molar-refractivity contribution is -0.129. The van der Waals surface area contributed by atoms with E-state index in [4.69, 9.17) is 0 Å². The highest BCUT2D eigenvalue weighted by atomic mass is 32.2. The summed E-state index contributed by atoms with van der Waals surface area (Å²) in [5.74, 6) is -0.0134. The highest BCUT2D eigenvalue weighted by Crippen LogP contribution is 2.35. The first-order valence-electron chi connectivity index (χ1n) is 8.53. The van der Waals surface area contributed by atoms with E-state index in [0.29, 0.717) is 24.2 Å². The number of hydrogen-bond donors (Lipinski definition) is 1. The molecule has 2 aromatic carbocycles. The average molecular weight is 373 g/mol. The zero-order valence-electron chi connectivity index (χ0n) is 14.2. The normalized spacial score (nSPS) is 18.2. The molecule has 1 heterocycles.